The third-order valence-corrected chi connectivity index (χ3v) is 4.69. The Balaban J connectivity index is 1.65. The molecule has 19 heavy (non-hydrogen) atoms. The molecular weight excluding hydrogens is 230 g/mol. The zero-order valence-corrected chi connectivity index (χ0v) is 12.7. The number of hydrogen-bond donors (Lipinski definition) is 0. The Labute approximate surface area is 119 Å². The molecule has 0 amide bonds. The maximum atomic E-state index is 2.75. The van der Waals surface area contributed by atoms with Crippen molar-refractivity contribution in [1.29, 1.82) is 0 Å². The molecule has 0 aromatic rings. The number of rotatable bonds is 7. The van der Waals surface area contributed by atoms with E-state index in [1.165, 1.54) is 70.8 Å². The molecule has 0 aliphatic carbocycles. The molecule has 2 rings (SSSR count). The first kappa shape index (κ1) is 14.8. The van der Waals surface area contributed by atoms with Crippen LogP contribution in [0.15, 0.2) is 24.3 Å². The van der Waals surface area contributed by atoms with Crippen molar-refractivity contribution in [3.63, 3.8) is 0 Å². The fraction of sp³-hybridized carbons (Fsp3) is 0.778. The van der Waals surface area contributed by atoms with Crippen LogP contribution in [0.4, 0.5) is 0 Å². The van der Waals surface area contributed by atoms with Crippen molar-refractivity contribution in [1.82, 2.24) is 4.90 Å². The van der Waals surface area contributed by atoms with Gasteiger partial charge < -0.3 is 0 Å². The van der Waals surface area contributed by atoms with E-state index in [1.54, 1.807) is 0 Å². The van der Waals surface area contributed by atoms with Crippen molar-refractivity contribution in [3.8, 4) is 0 Å². The number of allylic oxidation sites excluding steroid dienone is 3. The van der Waals surface area contributed by atoms with Crippen LogP contribution < -0.4 is 0 Å². The smallest absolute Gasteiger partial charge is 0.0284 e. The standard InChI is InChI=1S/C18H31N/c1-2-3-4-5-6-7-8-9-12-17-13-10-14-18-15-11-16-19(17)18/h7-9,12,17-18H,2-6,10-11,13-16H2,1H3/b8-7+,12-9+/t17-,18-/m1/s1. The Morgan fingerprint density at radius 3 is 2.79 bits per heavy atom. The van der Waals surface area contributed by atoms with Gasteiger partial charge in [0.1, 0.15) is 0 Å². The van der Waals surface area contributed by atoms with Crippen LogP contribution in [0.5, 0.6) is 0 Å². The Kier molecular flexibility index (Phi) is 6.70. The summed E-state index contributed by atoms with van der Waals surface area (Å²) in [4.78, 5) is 2.75. The van der Waals surface area contributed by atoms with Gasteiger partial charge in [-0.15, -0.1) is 0 Å². The molecule has 2 atom stereocenters. The molecule has 2 heterocycles. The number of piperidine rings is 1. The van der Waals surface area contributed by atoms with Crippen molar-refractivity contribution in [2.75, 3.05) is 6.54 Å². The zero-order valence-electron chi connectivity index (χ0n) is 12.7. The van der Waals surface area contributed by atoms with Crippen molar-refractivity contribution < 1.29 is 0 Å². The summed E-state index contributed by atoms with van der Waals surface area (Å²) >= 11 is 0. The van der Waals surface area contributed by atoms with Crippen molar-refractivity contribution in [2.45, 2.75) is 83.2 Å². The van der Waals surface area contributed by atoms with Crippen LogP contribution in [0.1, 0.15) is 71.1 Å². The molecule has 108 valence electrons. The zero-order chi connectivity index (χ0) is 13.3. The minimum absolute atomic E-state index is 0.728. The highest BCUT2D eigenvalue weighted by molar-refractivity contribution is 5.08. The molecule has 0 spiro atoms. The van der Waals surface area contributed by atoms with Crippen molar-refractivity contribution in [3.05, 3.63) is 24.3 Å². The second-order valence-electron chi connectivity index (χ2n) is 6.19. The van der Waals surface area contributed by atoms with E-state index in [-0.39, 0.29) is 0 Å². The molecule has 0 radical (unpaired) electrons. The molecule has 2 fully saturated rings. The first-order valence-corrected chi connectivity index (χ1v) is 8.51. The van der Waals surface area contributed by atoms with Crippen LogP contribution in [0.2, 0.25) is 0 Å². The first-order chi connectivity index (χ1) is 9.42. The van der Waals surface area contributed by atoms with Gasteiger partial charge in [0, 0.05) is 12.1 Å². The lowest BCUT2D eigenvalue weighted by Crippen LogP contribution is -2.41. The van der Waals surface area contributed by atoms with E-state index in [1.807, 2.05) is 0 Å². The van der Waals surface area contributed by atoms with E-state index in [2.05, 4.69) is 36.1 Å². The lowest BCUT2D eigenvalue weighted by molar-refractivity contribution is 0.153. The first-order valence-electron chi connectivity index (χ1n) is 8.51. The second kappa shape index (κ2) is 8.58. The van der Waals surface area contributed by atoms with E-state index in [4.69, 9.17) is 0 Å². The van der Waals surface area contributed by atoms with Gasteiger partial charge >= 0.3 is 0 Å². The minimum atomic E-state index is 0.728. The van der Waals surface area contributed by atoms with Gasteiger partial charge in [-0.3, -0.25) is 4.90 Å². The third-order valence-electron chi connectivity index (χ3n) is 4.69. The lowest BCUT2D eigenvalue weighted by atomic mass is 9.96. The molecule has 0 aromatic carbocycles. The van der Waals surface area contributed by atoms with Gasteiger partial charge in [-0.05, 0) is 45.1 Å². The average molecular weight is 261 g/mol. The van der Waals surface area contributed by atoms with Crippen LogP contribution in [0.25, 0.3) is 0 Å². The summed E-state index contributed by atoms with van der Waals surface area (Å²) < 4.78 is 0. The highest BCUT2D eigenvalue weighted by atomic mass is 15.2. The van der Waals surface area contributed by atoms with Gasteiger partial charge in [0.2, 0.25) is 0 Å². The molecule has 2 aliphatic heterocycles. The van der Waals surface area contributed by atoms with E-state index in [9.17, 15) is 0 Å². The summed E-state index contributed by atoms with van der Waals surface area (Å²) in [5, 5.41) is 0. The summed E-state index contributed by atoms with van der Waals surface area (Å²) in [5.74, 6) is 0. The summed E-state index contributed by atoms with van der Waals surface area (Å²) in [5.41, 5.74) is 0. The van der Waals surface area contributed by atoms with Crippen molar-refractivity contribution >= 4 is 0 Å². The van der Waals surface area contributed by atoms with Gasteiger partial charge in [-0.25, -0.2) is 0 Å². The predicted octanol–water partition coefficient (Wildman–Crippen LogP) is 5.09. The van der Waals surface area contributed by atoms with Gasteiger partial charge in [-0.2, -0.15) is 0 Å². The number of fused-ring (bicyclic) bond motifs is 1. The predicted molar refractivity (Wildman–Crippen MR) is 84.4 cm³/mol. The Hall–Kier alpha value is -0.560. The highest BCUT2D eigenvalue weighted by Gasteiger charge is 2.32. The van der Waals surface area contributed by atoms with Crippen LogP contribution in [0.3, 0.4) is 0 Å². The Morgan fingerprint density at radius 1 is 1.00 bits per heavy atom. The monoisotopic (exact) mass is 261 g/mol. The molecule has 0 N–H and O–H groups in total. The van der Waals surface area contributed by atoms with Crippen LogP contribution in [0, 0.1) is 0 Å². The fourth-order valence-electron chi connectivity index (χ4n) is 3.60. The molecule has 2 aliphatic rings. The Bertz CT molecular complexity index is 292. The van der Waals surface area contributed by atoms with Gasteiger partial charge in [0.25, 0.3) is 0 Å². The van der Waals surface area contributed by atoms with Crippen molar-refractivity contribution in [2.24, 2.45) is 0 Å². The SMILES string of the molecule is CCCCCC/C=C/C=C/[C@@H]1CCC[C@@H]2CCCN21. The fourth-order valence-corrected chi connectivity index (χ4v) is 3.60. The summed E-state index contributed by atoms with van der Waals surface area (Å²) in [6.07, 6.45) is 23.2. The maximum absolute atomic E-state index is 2.75. The molecule has 0 unspecified atom stereocenters. The molecule has 0 aromatic heterocycles. The van der Waals surface area contributed by atoms with Crippen LogP contribution >= 0.6 is 0 Å². The summed E-state index contributed by atoms with van der Waals surface area (Å²) in [6.45, 7) is 3.61. The number of nitrogens with zero attached hydrogens (tertiary/aromatic N) is 1. The molecular formula is C18H31N. The summed E-state index contributed by atoms with van der Waals surface area (Å²) in [6, 6.07) is 1.63. The van der Waals surface area contributed by atoms with E-state index in [0.717, 1.165) is 12.1 Å². The highest BCUT2D eigenvalue weighted by Crippen LogP contribution is 2.31. The van der Waals surface area contributed by atoms with E-state index >= 15 is 0 Å². The summed E-state index contributed by atoms with van der Waals surface area (Å²) in [7, 11) is 0. The third kappa shape index (κ3) is 4.80. The normalized spacial score (nSPS) is 28.5. The minimum Gasteiger partial charge on any atom is -0.294 e. The second-order valence-corrected chi connectivity index (χ2v) is 6.19. The lowest BCUT2D eigenvalue weighted by Gasteiger charge is -2.36. The molecule has 2 saturated heterocycles. The quantitative estimate of drug-likeness (QED) is 0.456. The molecule has 1 nitrogen and oxygen atoms in total. The molecule has 0 saturated carbocycles. The van der Waals surface area contributed by atoms with E-state index in [0.29, 0.717) is 0 Å². The van der Waals surface area contributed by atoms with Crippen LogP contribution in [-0.4, -0.2) is 23.5 Å². The number of unbranched alkanes of at least 4 members (excludes halogenated alkanes) is 4. The molecule has 0 bridgehead atoms. The molecule has 1 heteroatoms. The topological polar surface area (TPSA) is 3.24 Å². The van der Waals surface area contributed by atoms with Gasteiger partial charge in [-0.1, -0.05) is 56.9 Å². The number of hydrogen-bond acceptors (Lipinski definition) is 1. The van der Waals surface area contributed by atoms with Crippen LogP contribution in [-0.2, 0) is 0 Å². The van der Waals surface area contributed by atoms with E-state index < -0.39 is 0 Å². The largest absolute Gasteiger partial charge is 0.294 e. The van der Waals surface area contributed by atoms with Gasteiger partial charge in [0.15, 0.2) is 0 Å². The average Bonchev–Trinajstić information content (AvgIpc) is 2.91. The van der Waals surface area contributed by atoms with Gasteiger partial charge in [0.05, 0.1) is 0 Å². The Morgan fingerprint density at radius 2 is 1.89 bits per heavy atom. The maximum Gasteiger partial charge on any atom is 0.0284 e.